The SMILES string of the molecule is C=CCOc1c(Br)cc(/C=c2\sc3n(c2=O)[C@@H](c2ccccc2OC(C)C)C(C(=O)OCC)=C(C)N=3)cc1Br. The number of benzene rings is 2. The third kappa shape index (κ3) is 6.13. The number of ether oxygens (including phenoxy) is 3. The molecule has 0 saturated carbocycles. The van der Waals surface area contributed by atoms with E-state index in [0.29, 0.717) is 44.3 Å². The number of hydrogen-bond donors (Lipinski definition) is 0. The maximum Gasteiger partial charge on any atom is 0.338 e. The summed E-state index contributed by atoms with van der Waals surface area (Å²) in [5.74, 6) is 0.719. The van der Waals surface area contributed by atoms with Crippen LogP contribution in [0.4, 0.5) is 0 Å². The Kier molecular flexibility index (Phi) is 9.30. The van der Waals surface area contributed by atoms with Crippen LogP contribution in [0, 0.1) is 0 Å². The number of halogens is 2. The van der Waals surface area contributed by atoms with E-state index in [0.717, 1.165) is 14.5 Å². The highest BCUT2D eigenvalue weighted by atomic mass is 79.9. The quantitative estimate of drug-likeness (QED) is 0.216. The van der Waals surface area contributed by atoms with Crippen molar-refractivity contribution in [1.29, 1.82) is 0 Å². The summed E-state index contributed by atoms with van der Waals surface area (Å²) >= 11 is 8.36. The van der Waals surface area contributed by atoms with E-state index in [-0.39, 0.29) is 18.3 Å². The third-order valence-electron chi connectivity index (χ3n) is 5.76. The van der Waals surface area contributed by atoms with E-state index in [1.165, 1.54) is 11.3 Å². The Hall–Kier alpha value is -2.95. The molecule has 0 N–H and O–H groups in total. The fourth-order valence-electron chi connectivity index (χ4n) is 4.25. The fraction of sp³-hybridized carbons (Fsp3) is 0.276. The zero-order valence-electron chi connectivity index (χ0n) is 22.0. The van der Waals surface area contributed by atoms with Crippen molar-refractivity contribution in [2.45, 2.75) is 39.8 Å². The summed E-state index contributed by atoms with van der Waals surface area (Å²) in [5.41, 5.74) is 2.01. The Balaban J connectivity index is 1.93. The van der Waals surface area contributed by atoms with Gasteiger partial charge in [-0.05, 0) is 89.4 Å². The molecule has 0 radical (unpaired) electrons. The highest BCUT2D eigenvalue weighted by Gasteiger charge is 2.35. The van der Waals surface area contributed by atoms with Gasteiger partial charge in [0.25, 0.3) is 5.56 Å². The van der Waals surface area contributed by atoms with Gasteiger partial charge in [0.05, 0.1) is 37.5 Å². The summed E-state index contributed by atoms with van der Waals surface area (Å²) < 4.78 is 20.7. The van der Waals surface area contributed by atoms with Crippen molar-refractivity contribution >= 4 is 55.2 Å². The van der Waals surface area contributed by atoms with Gasteiger partial charge in [0.2, 0.25) is 0 Å². The van der Waals surface area contributed by atoms with Crippen molar-refractivity contribution in [2.24, 2.45) is 4.99 Å². The maximum atomic E-state index is 14.0. The summed E-state index contributed by atoms with van der Waals surface area (Å²) in [5, 5.41) is 0. The fourth-order valence-corrected chi connectivity index (χ4v) is 6.75. The summed E-state index contributed by atoms with van der Waals surface area (Å²) in [6.45, 7) is 11.6. The number of hydrogen-bond acceptors (Lipinski definition) is 7. The van der Waals surface area contributed by atoms with Crippen molar-refractivity contribution in [2.75, 3.05) is 13.2 Å². The molecule has 1 aliphatic heterocycles. The van der Waals surface area contributed by atoms with E-state index >= 15 is 0 Å². The predicted molar refractivity (Wildman–Crippen MR) is 160 cm³/mol. The first-order valence-corrected chi connectivity index (χ1v) is 14.7. The van der Waals surface area contributed by atoms with E-state index in [1.807, 2.05) is 50.2 Å². The second-order valence-electron chi connectivity index (χ2n) is 8.92. The number of nitrogens with zero attached hydrogens (tertiary/aromatic N) is 2. The van der Waals surface area contributed by atoms with Crippen molar-refractivity contribution < 1.29 is 19.0 Å². The van der Waals surface area contributed by atoms with Gasteiger partial charge in [-0.3, -0.25) is 9.36 Å². The number of thiazole rings is 1. The van der Waals surface area contributed by atoms with Gasteiger partial charge in [-0.15, -0.1) is 0 Å². The van der Waals surface area contributed by atoms with Gasteiger partial charge in [0.1, 0.15) is 24.1 Å². The molecule has 0 saturated heterocycles. The number of esters is 1. The molecule has 0 bridgehead atoms. The van der Waals surface area contributed by atoms with Gasteiger partial charge < -0.3 is 14.2 Å². The largest absolute Gasteiger partial charge is 0.491 e. The zero-order valence-corrected chi connectivity index (χ0v) is 26.0. The van der Waals surface area contributed by atoms with E-state index < -0.39 is 12.0 Å². The van der Waals surface area contributed by atoms with E-state index in [9.17, 15) is 9.59 Å². The molecule has 0 unspecified atom stereocenters. The van der Waals surface area contributed by atoms with Crippen LogP contribution in [0.1, 0.15) is 44.9 Å². The van der Waals surface area contributed by atoms with Crippen molar-refractivity contribution in [3.05, 3.63) is 100 Å². The zero-order chi connectivity index (χ0) is 28.3. The topological polar surface area (TPSA) is 79.1 Å². The summed E-state index contributed by atoms with van der Waals surface area (Å²) in [4.78, 5) is 32.3. The number of allylic oxidation sites excluding steroid dienone is 1. The van der Waals surface area contributed by atoms with Crippen LogP contribution in [0.2, 0.25) is 0 Å². The molecule has 0 amide bonds. The van der Waals surface area contributed by atoms with Gasteiger partial charge in [-0.1, -0.05) is 42.2 Å². The van der Waals surface area contributed by atoms with Gasteiger partial charge in [-0.25, -0.2) is 9.79 Å². The minimum Gasteiger partial charge on any atom is -0.491 e. The van der Waals surface area contributed by atoms with Crippen LogP contribution >= 0.6 is 43.2 Å². The van der Waals surface area contributed by atoms with Crippen LogP contribution in [0.5, 0.6) is 11.5 Å². The first-order valence-electron chi connectivity index (χ1n) is 12.3. The average molecular weight is 676 g/mol. The van der Waals surface area contributed by atoms with E-state index in [1.54, 1.807) is 30.6 Å². The van der Waals surface area contributed by atoms with E-state index in [4.69, 9.17) is 14.2 Å². The Bertz CT molecular complexity index is 1610. The Morgan fingerprint density at radius 1 is 1.23 bits per heavy atom. The van der Waals surface area contributed by atoms with Crippen LogP contribution in [0.15, 0.2) is 79.1 Å². The maximum absolute atomic E-state index is 14.0. The summed E-state index contributed by atoms with van der Waals surface area (Å²) in [6, 6.07) is 10.4. The molecular weight excluding hydrogens is 648 g/mol. The summed E-state index contributed by atoms with van der Waals surface area (Å²) in [7, 11) is 0. The van der Waals surface area contributed by atoms with Crippen LogP contribution in [0.25, 0.3) is 6.08 Å². The van der Waals surface area contributed by atoms with Crippen LogP contribution in [-0.4, -0.2) is 29.9 Å². The lowest BCUT2D eigenvalue weighted by Gasteiger charge is -2.26. The molecule has 2 aromatic carbocycles. The van der Waals surface area contributed by atoms with Crippen LogP contribution in [-0.2, 0) is 9.53 Å². The Morgan fingerprint density at radius 2 is 1.92 bits per heavy atom. The molecule has 4 rings (SSSR count). The minimum atomic E-state index is -0.759. The first kappa shape index (κ1) is 29.0. The van der Waals surface area contributed by atoms with Crippen molar-refractivity contribution in [1.82, 2.24) is 4.57 Å². The lowest BCUT2D eigenvalue weighted by atomic mass is 9.95. The molecular formula is C29H28Br2N2O5S. The van der Waals surface area contributed by atoms with Gasteiger partial charge in [0, 0.05) is 5.56 Å². The van der Waals surface area contributed by atoms with E-state index in [2.05, 4.69) is 43.4 Å². The monoisotopic (exact) mass is 674 g/mol. The predicted octanol–water partition coefficient (Wildman–Crippen LogP) is 5.68. The highest BCUT2D eigenvalue weighted by Crippen LogP contribution is 2.37. The first-order chi connectivity index (χ1) is 18.7. The number of carbonyl (C=O) groups is 1. The molecule has 1 aromatic heterocycles. The molecule has 2 heterocycles. The highest BCUT2D eigenvalue weighted by molar-refractivity contribution is 9.11. The minimum absolute atomic E-state index is 0.103. The van der Waals surface area contributed by atoms with Gasteiger partial charge >= 0.3 is 5.97 Å². The van der Waals surface area contributed by atoms with Crippen LogP contribution in [0.3, 0.4) is 0 Å². The molecule has 7 nitrogen and oxygen atoms in total. The number of fused-ring (bicyclic) bond motifs is 1. The number of aromatic nitrogens is 1. The van der Waals surface area contributed by atoms with Crippen molar-refractivity contribution in [3.8, 4) is 11.5 Å². The molecule has 0 spiro atoms. The molecule has 1 atom stereocenters. The molecule has 0 fully saturated rings. The van der Waals surface area contributed by atoms with Gasteiger partial charge in [-0.2, -0.15) is 0 Å². The molecule has 1 aliphatic rings. The van der Waals surface area contributed by atoms with Gasteiger partial charge in [0.15, 0.2) is 4.80 Å². The third-order valence-corrected chi connectivity index (χ3v) is 7.92. The second kappa shape index (κ2) is 12.5. The number of carbonyl (C=O) groups excluding carboxylic acids is 1. The molecule has 204 valence electrons. The van der Waals surface area contributed by atoms with Crippen LogP contribution < -0.4 is 24.4 Å². The molecule has 0 aliphatic carbocycles. The summed E-state index contributed by atoms with van der Waals surface area (Å²) in [6.07, 6.45) is 3.36. The van der Waals surface area contributed by atoms with Crippen molar-refractivity contribution in [3.63, 3.8) is 0 Å². The Morgan fingerprint density at radius 3 is 2.56 bits per heavy atom. The smallest absolute Gasteiger partial charge is 0.338 e. The lowest BCUT2D eigenvalue weighted by Crippen LogP contribution is -2.40. The second-order valence-corrected chi connectivity index (χ2v) is 11.6. The number of rotatable bonds is 9. The average Bonchev–Trinajstić information content (AvgIpc) is 3.17. The molecule has 3 aromatic rings. The normalized spacial score (nSPS) is 15.2. The molecule has 10 heteroatoms. The standard InChI is InChI=1S/C29H28Br2N2O5S/c1-6-12-37-26-20(30)13-18(14-21(26)31)15-23-27(34)33-25(19-10-8-9-11-22(19)38-16(3)4)24(28(35)36-7-2)17(5)32-29(33)39-23/h6,8-11,13-16,25H,1,7,12H2,2-5H3/b23-15-/t25-/m0/s1. The Labute approximate surface area is 247 Å². The lowest BCUT2D eigenvalue weighted by molar-refractivity contribution is -0.139. The number of para-hydroxylation sites is 1. The molecule has 39 heavy (non-hydrogen) atoms.